The summed E-state index contributed by atoms with van der Waals surface area (Å²) in [5, 5.41) is 0. The molecule has 0 aliphatic rings. The predicted octanol–water partition coefficient (Wildman–Crippen LogP) is 6.73. The molecule has 4 heteroatoms. The van der Waals surface area contributed by atoms with E-state index < -0.39 is 0 Å². The van der Waals surface area contributed by atoms with E-state index in [-0.39, 0.29) is 18.4 Å². The molecule has 0 aliphatic carbocycles. The molecule has 0 aromatic rings. The molecule has 26 heavy (non-hydrogen) atoms. The lowest BCUT2D eigenvalue weighted by Crippen LogP contribution is -2.07. The molecular weight excluding hydrogens is 346 g/mol. The normalized spacial score (nSPS) is 10.8. The first-order valence-electron chi connectivity index (χ1n) is 10.8. The highest BCUT2D eigenvalue weighted by molar-refractivity contribution is 5.85. The molecule has 0 spiro atoms. The molecular formula is C22H44ClNO2. The monoisotopic (exact) mass is 389 g/mol. The van der Waals surface area contributed by atoms with Gasteiger partial charge in [-0.25, -0.2) is 0 Å². The standard InChI is InChI=1S/C22H43NO2.ClH/c1-2-3-4-5-6-7-8-9-10-11-12-13-14-15-16-19-22(24)25-21-18-17-20-23;/h9-10H,2-8,11-21,23H2,1H3;1H/b10-9-;. The fourth-order valence-corrected chi connectivity index (χ4v) is 2.84. The Balaban J connectivity index is 0. The maximum atomic E-state index is 11.5. The average Bonchev–Trinajstić information content (AvgIpc) is 2.62. The highest BCUT2D eigenvalue weighted by Crippen LogP contribution is 2.10. The third-order valence-electron chi connectivity index (χ3n) is 4.50. The minimum Gasteiger partial charge on any atom is -0.466 e. The molecule has 0 aromatic heterocycles. The number of esters is 1. The summed E-state index contributed by atoms with van der Waals surface area (Å²) < 4.78 is 5.16. The van der Waals surface area contributed by atoms with Crippen LogP contribution in [0.5, 0.6) is 0 Å². The highest BCUT2D eigenvalue weighted by Gasteiger charge is 2.01. The SMILES string of the molecule is CCCCCCCC/C=C\CCCCCCCC(=O)OCCCCN.Cl. The molecule has 0 aliphatic heterocycles. The average molecular weight is 390 g/mol. The van der Waals surface area contributed by atoms with Gasteiger partial charge in [0.15, 0.2) is 0 Å². The van der Waals surface area contributed by atoms with Crippen molar-refractivity contribution in [3.8, 4) is 0 Å². The van der Waals surface area contributed by atoms with Crippen molar-refractivity contribution >= 4 is 18.4 Å². The molecule has 3 nitrogen and oxygen atoms in total. The van der Waals surface area contributed by atoms with Gasteiger partial charge in [-0.3, -0.25) is 4.79 Å². The van der Waals surface area contributed by atoms with Crippen molar-refractivity contribution in [1.82, 2.24) is 0 Å². The van der Waals surface area contributed by atoms with Gasteiger partial charge in [0.05, 0.1) is 6.61 Å². The molecule has 0 saturated carbocycles. The van der Waals surface area contributed by atoms with Crippen LogP contribution in [0.3, 0.4) is 0 Å². The fourth-order valence-electron chi connectivity index (χ4n) is 2.84. The van der Waals surface area contributed by atoms with Crippen LogP contribution in [0.2, 0.25) is 0 Å². The molecule has 156 valence electrons. The lowest BCUT2D eigenvalue weighted by Gasteiger charge is -2.04. The summed E-state index contributed by atoms with van der Waals surface area (Å²) in [7, 11) is 0. The molecule has 0 fully saturated rings. The zero-order valence-corrected chi connectivity index (χ0v) is 18.0. The van der Waals surface area contributed by atoms with Crippen LogP contribution in [0.1, 0.15) is 110 Å². The van der Waals surface area contributed by atoms with Gasteiger partial charge in [0, 0.05) is 6.42 Å². The molecule has 0 radical (unpaired) electrons. The zero-order chi connectivity index (χ0) is 18.4. The first-order valence-corrected chi connectivity index (χ1v) is 10.8. The number of unbranched alkanes of at least 4 members (excludes halogenated alkanes) is 12. The van der Waals surface area contributed by atoms with Gasteiger partial charge in [-0.05, 0) is 51.5 Å². The molecule has 0 aromatic carbocycles. The Morgan fingerprint density at radius 1 is 0.769 bits per heavy atom. The lowest BCUT2D eigenvalue weighted by molar-refractivity contribution is -0.143. The van der Waals surface area contributed by atoms with Crippen LogP contribution in [0, 0.1) is 0 Å². The Morgan fingerprint density at radius 3 is 1.88 bits per heavy atom. The number of rotatable bonds is 19. The van der Waals surface area contributed by atoms with Gasteiger partial charge >= 0.3 is 5.97 Å². The molecule has 0 atom stereocenters. The summed E-state index contributed by atoms with van der Waals surface area (Å²) in [6.45, 7) is 3.47. The van der Waals surface area contributed by atoms with E-state index in [0.717, 1.165) is 25.7 Å². The number of halogens is 1. The summed E-state index contributed by atoms with van der Waals surface area (Å²) in [6.07, 6.45) is 23.7. The van der Waals surface area contributed by atoms with Gasteiger partial charge < -0.3 is 10.5 Å². The van der Waals surface area contributed by atoms with Crippen LogP contribution in [0.15, 0.2) is 12.2 Å². The van der Waals surface area contributed by atoms with E-state index in [0.29, 0.717) is 19.6 Å². The summed E-state index contributed by atoms with van der Waals surface area (Å²) in [5.41, 5.74) is 5.40. The fraction of sp³-hybridized carbons (Fsp3) is 0.864. The van der Waals surface area contributed by atoms with E-state index in [1.54, 1.807) is 0 Å². The van der Waals surface area contributed by atoms with Gasteiger partial charge in [0.2, 0.25) is 0 Å². The van der Waals surface area contributed by atoms with Crippen molar-refractivity contribution in [2.24, 2.45) is 5.73 Å². The van der Waals surface area contributed by atoms with Crippen molar-refractivity contribution in [2.45, 2.75) is 110 Å². The van der Waals surface area contributed by atoms with Gasteiger partial charge in [0.1, 0.15) is 0 Å². The van der Waals surface area contributed by atoms with E-state index >= 15 is 0 Å². The molecule has 2 N–H and O–H groups in total. The Kier molecular flexibility index (Phi) is 26.0. The Hall–Kier alpha value is -0.540. The maximum Gasteiger partial charge on any atom is 0.305 e. The van der Waals surface area contributed by atoms with E-state index in [4.69, 9.17) is 10.5 Å². The van der Waals surface area contributed by atoms with Gasteiger partial charge in [-0.15, -0.1) is 12.4 Å². The Morgan fingerprint density at radius 2 is 1.31 bits per heavy atom. The number of carbonyl (C=O) groups excluding carboxylic acids is 1. The molecule has 0 saturated heterocycles. The smallest absolute Gasteiger partial charge is 0.305 e. The third-order valence-corrected chi connectivity index (χ3v) is 4.50. The topological polar surface area (TPSA) is 52.3 Å². The van der Waals surface area contributed by atoms with Crippen molar-refractivity contribution in [2.75, 3.05) is 13.2 Å². The first-order chi connectivity index (χ1) is 12.3. The summed E-state index contributed by atoms with van der Waals surface area (Å²) >= 11 is 0. The second-order valence-electron chi connectivity index (χ2n) is 7.05. The van der Waals surface area contributed by atoms with E-state index in [9.17, 15) is 4.79 Å². The number of ether oxygens (including phenoxy) is 1. The highest BCUT2D eigenvalue weighted by atomic mass is 35.5. The van der Waals surface area contributed by atoms with Gasteiger partial charge in [-0.2, -0.15) is 0 Å². The summed E-state index contributed by atoms with van der Waals surface area (Å²) in [6, 6.07) is 0. The van der Waals surface area contributed by atoms with E-state index in [1.807, 2.05) is 0 Å². The van der Waals surface area contributed by atoms with E-state index in [2.05, 4.69) is 19.1 Å². The van der Waals surface area contributed by atoms with Crippen LogP contribution in [0.4, 0.5) is 0 Å². The number of hydrogen-bond donors (Lipinski definition) is 1. The minimum atomic E-state index is -0.0466. The first kappa shape index (κ1) is 27.7. The van der Waals surface area contributed by atoms with Gasteiger partial charge in [0.25, 0.3) is 0 Å². The number of carbonyl (C=O) groups is 1. The lowest BCUT2D eigenvalue weighted by atomic mass is 10.1. The van der Waals surface area contributed by atoms with Gasteiger partial charge in [-0.1, -0.05) is 70.4 Å². The predicted molar refractivity (Wildman–Crippen MR) is 116 cm³/mol. The van der Waals surface area contributed by atoms with Crippen molar-refractivity contribution in [3.63, 3.8) is 0 Å². The minimum absolute atomic E-state index is 0. The van der Waals surface area contributed by atoms with Crippen LogP contribution in [-0.4, -0.2) is 19.1 Å². The maximum absolute atomic E-state index is 11.5. The molecule has 0 bridgehead atoms. The number of hydrogen-bond acceptors (Lipinski definition) is 3. The molecule has 0 amide bonds. The summed E-state index contributed by atoms with van der Waals surface area (Å²) in [4.78, 5) is 11.5. The Bertz CT molecular complexity index is 309. The zero-order valence-electron chi connectivity index (χ0n) is 17.2. The molecule has 0 unspecified atom stereocenters. The van der Waals surface area contributed by atoms with Crippen LogP contribution in [-0.2, 0) is 9.53 Å². The summed E-state index contributed by atoms with van der Waals surface area (Å²) in [5.74, 6) is -0.0466. The van der Waals surface area contributed by atoms with Crippen LogP contribution in [0.25, 0.3) is 0 Å². The van der Waals surface area contributed by atoms with Crippen molar-refractivity contribution < 1.29 is 9.53 Å². The quantitative estimate of drug-likeness (QED) is 0.151. The Labute approximate surface area is 168 Å². The molecule has 0 rings (SSSR count). The second kappa shape index (κ2) is 24.5. The van der Waals surface area contributed by atoms with Crippen LogP contribution >= 0.6 is 12.4 Å². The molecule has 0 heterocycles. The number of nitrogens with two attached hydrogens (primary N) is 1. The van der Waals surface area contributed by atoms with Crippen LogP contribution < -0.4 is 5.73 Å². The van der Waals surface area contributed by atoms with Crippen molar-refractivity contribution in [3.05, 3.63) is 12.2 Å². The van der Waals surface area contributed by atoms with Crippen molar-refractivity contribution in [1.29, 1.82) is 0 Å². The largest absolute Gasteiger partial charge is 0.466 e. The van der Waals surface area contributed by atoms with E-state index in [1.165, 1.54) is 70.6 Å². The second-order valence-corrected chi connectivity index (χ2v) is 7.05. The number of allylic oxidation sites excluding steroid dienone is 2. The third kappa shape index (κ3) is 23.5.